The summed E-state index contributed by atoms with van der Waals surface area (Å²) in [6.07, 6.45) is -2.71. The van der Waals surface area contributed by atoms with Crippen LogP contribution in [0.1, 0.15) is 80.2 Å². The highest BCUT2D eigenvalue weighted by atomic mass is 19.1. The van der Waals surface area contributed by atoms with Crippen molar-refractivity contribution in [3.05, 3.63) is 54.2 Å². The Morgan fingerprint density at radius 2 is 1.79 bits per heavy atom. The second kappa shape index (κ2) is 17.1. The summed E-state index contributed by atoms with van der Waals surface area (Å²) in [6, 6.07) is 9.21. The molecule has 0 amide bonds. The summed E-state index contributed by atoms with van der Waals surface area (Å²) >= 11 is 0. The summed E-state index contributed by atoms with van der Waals surface area (Å²) in [6.45, 7) is 17.1. The molecule has 0 aliphatic carbocycles. The van der Waals surface area contributed by atoms with Gasteiger partial charge in [-0.15, -0.1) is 0 Å². The zero-order chi connectivity index (χ0) is 41.3. The van der Waals surface area contributed by atoms with E-state index < -0.39 is 76.9 Å². The van der Waals surface area contributed by atoms with Crippen molar-refractivity contribution in [3.8, 4) is 11.8 Å². The number of Topliss-reactive ketones (excluding diaryl/α,β-unsaturated/α-hetero) is 2. The summed E-state index contributed by atoms with van der Waals surface area (Å²) in [5, 5.41) is 12.5. The quantitative estimate of drug-likeness (QED) is 0.169. The number of aliphatic hydroxyl groups is 1. The summed E-state index contributed by atoms with van der Waals surface area (Å²) in [7, 11) is 3.67. The van der Waals surface area contributed by atoms with Gasteiger partial charge >= 0.3 is 5.97 Å². The molecule has 0 spiro atoms. The third-order valence-corrected chi connectivity index (χ3v) is 12.2. The van der Waals surface area contributed by atoms with Gasteiger partial charge in [0.15, 0.2) is 12.1 Å². The Labute approximate surface area is 330 Å². The van der Waals surface area contributed by atoms with Crippen LogP contribution >= 0.6 is 0 Å². The van der Waals surface area contributed by atoms with Crippen LogP contribution in [0.15, 0.2) is 48.7 Å². The maximum atomic E-state index is 16.9. The molecule has 1 N–H and O–H groups in total. The first-order valence-electron chi connectivity index (χ1n) is 19.7. The number of hydrogen-bond acceptors (Lipinski definition) is 11. The molecule has 0 radical (unpaired) electrons. The number of hydrogen-bond donors (Lipinski definition) is 1. The number of aliphatic hydroxyl groups excluding tert-OH is 1. The van der Waals surface area contributed by atoms with Crippen LogP contribution in [0.4, 0.5) is 4.39 Å². The largest absolute Gasteiger partial charge is 0.457 e. The van der Waals surface area contributed by atoms with Crippen LogP contribution in [-0.4, -0.2) is 113 Å². The summed E-state index contributed by atoms with van der Waals surface area (Å²) in [5.41, 5.74) is -3.73. The van der Waals surface area contributed by atoms with Crippen molar-refractivity contribution in [2.75, 3.05) is 27.3 Å². The first-order chi connectivity index (χ1) is 26.2. The first kappa shape index (κ1) is 43.6. The zero-order valence-electron chi connectivity index (χ0n) is 34.5. The molecule has 3 aliphatic rings. The van der Waals surface area contributed by atoms with E-state index in [1.807, 2.05) is 56.3 Å². The van der Waals surface area contributed by atoms with Crippen LogP contribution in [-0.2, 0) is 38.1 Å². The Bertz CT molecular complexity index is 1860. The van der Waals surface area contributed by atoms with Crippen molar-refractivity contribution in [2.24, 2.45) is 23.7 Å². The SMILES string of the molecule is C=C1CO[C@]2(C)[C@@H](CC)OC(=O)C(C)(F)C(=O)[C@H](C)[C@@H](O[C@@H]3O[C@H](C)C[C@H](N(C)C)[C@H]3O)[C@](C)(OCC#Cc3cnc4ccccc4c3)CC(C)C(=O)C(C)[C@H]12. The molecule has 2 aromatic rings. The van der Waals surface area contributed by atoms with Crippen molar-refractivity contribution in [2.45, 2.75) is 128 Å². The Balaban J connectivity index is 1.60. The lowest BCUT2D eigenvalue weighted by Crippen LogP contribution is -2.61. The van der Waals surface area contributed by atoms with Crippen LogP contribution in [0.2, 0.25) is 0 Å². The topological polar surface area (TPSA) is 134 Å². The Morgan fingerprint density at radius 3 is 2.46 bits per heavy atom. The lowest BCUT2D eigenvalue weighted by molar-refractivity contribution is -0.296. The van der Waals surface area contributed by atoms with E-state index in [0.29, 0.717) is 17.6 Å². The molecule has 4 heterocycles. The number of benzene rings is 1. The molecule has 1 aromatic heterocycles. The zero-order valence-corrected chi connectivity index (χ0v) is 34.5. The van der Waals surface area contributed by atoms with E-state index in [2.05, 4.69) is 23.4 Å². The van der Waals surface area contributed by atoms with Crippen molar-refractivity contribution in [1.82, 2.24) is 9.88 Å². The number of fused-ring (bicyclic) bond motifs is 2. The minimum atomic E-state index is -3.12. The van der Waals surface area contributed by atoms with Crippen LogP contribution in [0.3, 0.4) is 0 Å². The molecule has 3 saturated heterocycles. The van der Waals surface area contributed by atoms with Gasteiger partial charge in [0.2, 0.25) is 0 Å². The highest BCUT2D eigenvalue weighted by molar-refractivity contribution is 6.07. The molecule has 0 bridgehead atoms. The van der Waals surface area contributed by atoms with Gasteiger partial charge in [0, 0.05) is 46.9 Å². The number of pyridine rings is 1. The van der Waals surface area contributed by atoms with E-state index in [0.717, 1.165) is 17.8 Å². The molecule has 11 nitrogen and oxygen atoms in total. The van der Waals surface area contributed by atoms with Crippen LogP contribution in [0, 0.1) is 35.5 Å². The van der Waals surface area contributed by atoms with Gasteiger partial charge in [-0.3, -0.25) is 14.6 Å². The van der Waals surface area contributed by atoms with Gasteiger partial charge in [-0.05, 0) is 78.8 Å². The van der Waals surface area contributed by atoms with Crippen LogP contribution in [0.25, 0.3) is 10.9 Å². The molecule has 56 heavy (non-hydrogen) atoms. The number of carbonyl (C=O) groups is 3. The smallest absolute Gasteiger partial charge is 0.351 e. The number of esters is 1. The molecule has 3 fully saturated rings. The van der Waals surface area contributed by atoms with E-state index in [-0.39, 0.29) is 44.0 Å². The lowest BCUT2D eigenvalue weighted by Gasteiger charge is -2.47. The molecule has 3 aliphatic heterocycles. The van der Waals surface area contributed by atoms with E-state index in [1.54, 1.807) is 40.8 Å². The van der Waals surface area contributed by atoms with E-state index in [4.69, 9.17) is 23.7 Å². The van der Waals surface area contributed by atoms with Gasteiger partial charge < -0.3 is 33.7 Å². The predicted octanol–water partition coefficient (Wildman–Crippen LogP) is 5.63. The number of para-hydroxylation sites is 1. The second-order valence-corrected chi connectivity index (χ2v) is 16.8. The van der Waals surface area contributed by atoms with Gasteiger partial charge in [-0.1, -0.05) is 64.3 Å². The normalized spacial score (nSPS) is 38.8. The maximum Gasteiger partial charge on any atom is 0.351 e. The molecule has 5 rings (SSSR count). The minimum Gasteiger partial charge on any atom is -0.457 e. The minimum absolute atomic E-state index is 0.00850. The average Bonchev–Trinajstić information content (AvgIpc) is 3.47. The monoisotopic (exact) mass is 778 g/mol. The number of halogens is 1. The molecule has 13 atom stereocenters. The van der Waals surface area contributed by atoms with E-state index in [9.17, 15) is 19.5 Å². The predicted molar refractivity (Wildman–Crippen MR) is 209 cm³/mol. The molecule has 0 saturated carbocycles. The molecule has 3 unspecified atom stereocenters. The lowest BCUT2D eigenvalue weighted by atomic mass is 9.69. The number of ketones is 2. The van der Waals surface area contributed by atoms with Crippen molar-refractivity contribution in [1.29, 1.82) is 0 Å². The van der Waals surface area contributed by atoms with Gasteiger partial charge in [0.05, 0.1) is 29.9 Å². The Kier molecular flexibility index (Phi) is 13.3. The third-order valence-electron chi connectivity index (χ3n) is 12.2. The fraction of sp³-hybridized carbons (Fsp3) is 0.636. The maximum absolute atomic E-state index is 16.9. The summed E-state index contributed by atoms with van der Waals surface area (Å²) in [4.78, 5) is 49.1. The number of carbonyl (C=O) groups excluding carboxylic acids is 3. The third kappa shape index (κ3) is 8.64. The standard InChI is InChI=1S/C44H59FN2O9/c1-12-34-44(9)35(26(3)24-53-44)28(5)36(48)25(2)22-42(7,52-19-15-16-30-21-31-17-13-14-18-32(31)46-23-30)39(29(6)38(50)43(8,45)41(51)55-34)56-40-37(49)33(47(10)11)20-27(4)54-40/h13-14,17-18,21,23,25,27-29,33-35,37,39-40,49H,3,12,19-20,22,24H2,1-2,4-11H3/t25?,27-,28?,29+,33+,34-,35+,37-,39-,40+,42-,43?,44-/m1/s1. The van der Waals surface area contributed by atoms with Crippen LogP contribution < -0.4 is 0 Å². The van der Waals surface area contributed by atoms with Crippen molar-refractivity contribution < 1.29 is 47.6 Å². The number of nitrogens with zero attached hydrogens (tertiary/aromatic N) is 2. The van der Waals surface area contributed by atoms with Crippen LogP contribution in [0.5, 0.6) is 0 Å². The van der Waals surface area contributed by atoms with E-state index in [1.165, 1.54) is 6.92 Å². The summed E-state index contributed by atoms with van der Waals surface area (Å²) < 4.78 is 48.3. The fourth-order valence-electron chi connectivity index (χ4n) is 9.13. The molecular formula is C44H59FN2O9. The van der Waals surface area contributed by atoms with Gasteiger partial charge in [0.25, 0.3) is 5.67 Å². The Hall–Kier alpha value is -3.57. The van der Waals surface area contributed by atoms with Crippen molar-refractivity contribution >= 4 is 28.4 Å². The first-order valence-corrected chi connectivity index (χ1v) is 19.7. The number of likely N-dealkylation sites (N-methyl/N-ethyl adjacent to an activating group) is 1. The number of alkyl halides is 1. The Morgan fingerprint density at radius 1 is 1.09 bits per heavy atom. The van der Waals surface area contributed by atoms with Gasteiger partial charge in [0.1, 0.15) is 30.2 Å². The van der Waals surface area contributed by atoms with Gasteiger partial charge in [-0.25, -0.2) is 9.18 Å². The highest BCUT2D eigenvalue weighted by Gasteiger charge is 2.58. The van der Waals surface area contributed by atoms with Crippen molar-refractivity contribution in [3.63, 3.8) is 0 Å². The fourth-order valence-corrected chi connectivity index (χ4v) is 9.13. The average molecular weight is 779 g/mol. The number of rotatable bonds is 6. The van der Waals surface area contributed by atoms with E-state index >= 15 is 4.39 Å². The van der Waals surface area contributed by atoms with Gasteiger partial charge in [-0.2, -0.15) is 0 Å². The molecule has 306 valence electrons. The second-order valence-electron chi connectivity index (χ2n) is 16.8. The molecule has 12 heteroatoms. The number of aromatic nitrogens is 1. The summed E-state index contributed by atoms with van der Waals surface area (Å²) in [5.74, 6) is 0.223. The molecule has 1 aromatic carbocycles. The number of ether oxygens (including phenoxy) is 5. The number of cyclic esters (lactones) is 1. The highest BCUT2D eigenvalue weighted by Crippen LogP contribution is 2.47. The molecular weight excluding hydrogens is 719 g/mol.